The number of anilines is 3. The molecule has 0 aliphatic carbocycles. The molecule has 25 heavy (non-hydrogen) atoms. The third-order valence-corrected chi connectivity index (χ3v) is 3.43. The highest BCUT2D eigenvalue weighted by atomic mass is 19.1. The Labute approximate surface area is 143 Å². The van der Waals surface area contributed by atoms with Crippen molar-refractivity contribution in [3.63, 3.8) is 0 Å². The summed E-state index contributed by atoms with van der Waals surface area (Å²) in [4.78, 5) is 16.4. The van der Waals surface area contributed by atoms with E-state index in [1.54, 1.807) is 48.7 Å². The molecule has 5 nitrogen and oxygen atoms in total. The standard InChI is InChI=1S/C19H13FN4O/c20-15-5-7-16(8-6-15)23-17-9-14(11-22-12-17)19(25)24-18-4-2-1-3-13(18)10-21/h1-9,11-12,23H,(H,24,25). The molecule has 2 aromatic carbocycles. The third kappa shape index (κ3) is 3.98. The van der Waals surface area contributed by atoms with E-state index in [1.807, 2.05) is 6.07 Å². The van der Waals surface area contributed by atoms with Crippen LogP contribution in [0.5, 0.6) is 0 Å². The van der Waals surface area contributed by atoms with Crippen LogP contribution in [0.2, 0.25) is 0 Å². The maximum absolute atomic E-state index is 12.9. The molecule has 0 atom stereocenters. The molecule has 0 bridgehead atoms. The number of nitriles is 1. The van der Waals surface area contributed by atoms with E-state index in [-0.39, 0.29) is 11.7 Å². The van der Waals surface area contributed by atoms with E-state index < -0.39 is 0 Å². The molecule has 3 rings (SSSR count). The van der Waals surface area contributed by atoms with Gasteiger partial charge in [0.2, 0.25) is 0 Å². The fourth-order valence-corrected chi connectivity index (χ4v) is 2.22. The summed E-state index contributed by atoms with van der Waals surface area (Å²) in [7, 11) is 0. The van der Waals surface area contributed by atoms with Crippen molar-refractivity contribution >= 4 is 23.0 Å². The van der Waals surface area contributed by atoms with E-state index in [9.17, 15) is 9.18 Å². The van der Waals surface area contributed by atoms with Gasteiger partial charge >= 0.3 is 0 Å². The Hall–Kier alpha value is -3.72. The molecule has 0 aliphatic heterocycles. The fourth-order valence-electron chi connectivity index (χ4n) is 2.22. The molecular weight excluding hydrogens is 319 g/mol. The van der Waals surface area contributed by atoms with Gasteiger partial charge in [0.05, 0.1) is 28.7 Å². The fraction of sp³-hybridized carbons (Fsp3) is 0. The van der Waals surface area contributed by atoms with E-state index in [2.05, 4.69) is 15.6 Å². The van der Waals surface area contributed by atoms with Gasteiger partial charge in [-0.05, 0) is 42.5 Å². The number of rotatable bonds is 4. The first-order valence-electron chi connectivity index (χ1n) is 7.44. The largest absolute Gasteiger partial charge is 0.354 e. The lowest BCUT2D eigenvalue weighted by atomic mass is 10.2. The summed E-state index contributed by atoms with van der Waals surface area (Å²) in [6.45, 7) is 0. The van der Waals surface area contributed by atoms with Crippen molar-refractivity contribution in [1.82, 2.24) is 4.98 Å². The zero-order valence-electron chi connectivity index (χ0n) is 13.0. The number of aromatic nitrogens is 1. The number of halogens is 1. The minimum absolute atomic E-state index is 0.326. The maximum Gasteiger partial charge on any atom is 0.257 e. The monoisotopic (exact) mass is 332 g/mol. The number of nitrogens with one attached hydrogen (secondary N) is 2. The van der Waals surface area contributed by atoms with Gasteiger partial charge in [-0.15, -0.1) is 0 Å². The third-order valence-electron chi connectivity index (χ3n) is 3.43. The van der Waals surface area contributed by atoms with Crippen molar-refractivity contribution in [3.05, 3.63) is 83.9 Å². The van der Waals surface area contributed by atoms with Gasteiger partial charge < -0.3 is 10.6 Å². The van der Waals surface area contributed by atoms with Gasteiger partial charge in [-0.2, -0.15) is 5.26 Å². The Bertz CT molecular complexity index is 948. The lowest BCUT2D eigenvalue weighted by Crippen LogP contribution is -2.13. The Balaban J connectivity index is 1.77. The van der Waals surface area contributed by atoms with Gasteiger partial charge in [0.1, 0.15) is 11.9 Å². The minimum atomic E-state index is -0.377. The highest BCUT2D eigenvalue weighted by Crippen LogP contribution is 2.19. The van der Waals surface area contributed by atoms with Gasteiger partial charge in [0, 0.05) is 11.9 Å². The summed E-state index contributed by atoms with van der Waals surface area (Å²) in [6.07, 6.45) is 2.99. The van der Waals surface area contributed by atoms with E-state index >= 15 is 0 Å². The molecule has 0 radical (unpaired) electrons. The Morgan fingerprint density at radius 2 is 1.80 bits per heavy atom. The van der Waals surface area contributed by atoms with Crippen LogP contribution >= 0.6 is 0 Å². The van der Waals surface area contributed by atoms with Crippen LogP contribution in [-0.2, 0) is 0 Å². The van der Waals surface area contributed by atoms with Gasteiger partial charge in [-0.25, -0.2) is 4.39 Å². The SMILES string of the molecule is N#Cc1ccccc1NC(=O)c1cncc(Nc2ccc(F)cc2)c1. The van der Waals surface area contributed by atoms with Crippen LogP contribution in [0, 0.1) is 17.1 Å². The van der Waals surface area contributed by atoms with Crippen molar-refractivity contribution in [2.75, 3.05) is 10.6 Å². The second-order valence-electron chi connectivity index (χ2n) is 5.21. The number of carbonyl (C=O) groups is 1. The number of carbonyl (C=O) groups excluding carboxylic acids is 1. The van der Waals surface area contributed by atoms with Gasteiger partial charge in [0.15, 0.2) is 0 Å². The number of hydrogen-bond acceptors (Lipinski definition) is 4. The van der Waals surface area contributed by atoms with Crippen molar-refractivity contribution in [2.24, 2.45) is 0 Å². The molecule has 1 aromatic heterocycles. The molecular formula is C19H13FN4O. The zero-order valence-corrected chi connectivity index (χ0v) is 13.0. The number of para-hydroxylation sites is 1. The van der Waals surface area contributed by atoms with Crippen LogP contribution in [0.1, 0.15) is 15.9 Å². The summed E-state index contributed by atoms with van der Waals surface area (Å²) in [5.74, 6) is -0.703. The summed E-state index contributed by atoms with van der Waals surface area (Å²) in [5, 5.41) is 14.8. The van der Waals surface area contributed by atoms with Gasteiger partial charge in [0.25, 0.3) is 5.91 Å². The number of benzene rings is 2. The Kier molecular flexibility index (Phi) is 4.67. The van der Waals surface area contributed by atoms with E-state index in [0.717, 1.165) is 0 Å². The first-order chi connectivity index (χ1) is 12.2. The van der Waals surface area contributed by atoms with Crippen molar-refractivity contribution in [1.29, 1.82) is 5.26 Å². The van der Waals surface area contributed by atoms with Crippen LogP contribution in [-0.4, -0.2) is 10.9 Å². The molecule has 6 heteroatoms. The van der Waals surface area contributed by atoms with Crippen molar-refractivity contribution in [3.8, 4) is 6.07 Å². The molecule has 0 saturated carbocycles. The van der Waals surface area contributed by atoms with Crippen LogP contribution < -0.4 is 10.6 Å². The molecule has 2 N–H and O–H groups in total. The topological polar surface area (TPSA) is 77.8 Å². The smallest absolute Gasteiger partial charge is 0.257 e. The van der Waals surface area contributed by atoms with E-state index in [4.69, 9.17) is 5.26 Å². The normalized spacial score (nSPS) is 9.92. The molecule has 0 aliphatic rings. The van der Waals surface area contributed by atoms with Crippen molar-refractivity contribution in [2.45, 2.75) is 0 Å². The molecule has 3 aromatic rings. The Morgan fingerprint density at radius 1 is 1.04 bits per heavy atom. The second-order valence-corrected chi connectivity index (χ2v) is 5.21. The number of pyridine rings is 1. The molecule has 0 fully saturated rings. The molecule has 0 unspecified atom stereocenters. The number of hydrogen-bond donors (Lipinski definition) is 2. The maximum atomic E-state index is 12.9. The first-order valence-corrected chi connectivity index (χ1v) is 7.44. The highest BCUT2D eigenvalue weighted by Gasteiger charge is 2.10. The summed E-state index contributed by atoms with van der Waals surface area (Å²) < 4.78 is 12.9. The van der Waals surface area contributed by atoms with Crippen molar-refractivity contribution < 1.29 is 9.18 Å². The van der Waals surface area contributed by atoms with Gasteiger partial charge in [-0.1, -0.05) is 12.1 Å². The highest BCUT2D eigenvalue weighted by molar-refractivity contribution is 6.05. The lowest BCUT2D eigenvalue weighted by Gasteiger charge is -2.09. The van der Waals surface area contributed by atoms with Crippen LogP contribution in [0.15, 0.2) is 67.0 Å². The van der Waals surface area contributed by atoms with Crippen LogP contribution in [0.25, 0.3) is 0 Å². The number of amides is 1. The number of nitrogens with zero attached hydrogens (tertiary/aromatic N) is 2. The summed E-state index contributed by atoms with van der Waals surface area (Å²) in [5.41, 5.74) is 2.42. The quantitative estimate of drug-likeness (QED) is 0.754. The average Bonchev–Trinajstić information content (AvgIpc) is 2.64. The average molecular weight is 332 g/mol. The van der Waals surface area contributed by atoms with Crippen LogP contribution in [0.3, 0.4) is 0 Å². The molecule has 1 amide bonds. The molecule has 1 heterocycles. The molecule has 122 valence electrons. The summed E-state index contributed by atoms with van der Waals surface area (Å²) >= 11 is 0. The molecule has 0 spiro atoms. The van der Waals surface area contributed by atoms with Crippen LogP contribution in [0.4, 0.5) is 21.5 Å². The van der Waals surface area contributed by atoms with E-state index in [0.29, 0.717) is 28.2 Å². The van der Waals surface area contributed by atoms with E-state index in [1.165, 1.54) is 18.3 Å². The second kappa shape index (κ2) is 7.23. The predicted molar refractivity (Wildman–Crippen MR) is 93.0 cm³/mol. The lowest BCUT2D eigenvalue weighted by molar-refractivity contribution is 0.102. The summed E-state index contributed by atoms with van der Waals surface area (Å²) in [6, 6.07) is 16.3. The minimum Gasteiger partial charge on any atom is -0.354 e. The van der Waals surface area contributed by atoms with Gasteiger partial charge in [-0.3, -0.25) is 9.78 Å². The predicted octanol–water partition coefficient (Wildman–Crippen LogP) is 4.09. The molecule has 0 saturated heterocycles. The Morgan fingerprint density at radius 3 is 2.56 bits per heavy atom. The first kappa shape index (κ1) is 16.1. The zero-order chi connectivity index (χ0) is 17.6.